The predicted octanol–water partition coefficient (Wildman–Crippen LogP) is 2.64. The molecule has 112 valence electrons. The largest absolute Gasteiger partial charge is 0.339 e. The van der Waals surface area contributed by atoms with Gasteiger partial charge in [-0.2, -0.15) is 0 Å². The van der Waals surface area contributed by atoms with E-state index in [2.05, 4.69) is 22.6 Å². The summed E-state index contributed by atoms with van der Waals surface area (Å²) in [5, 5.41) is 0.601. The lowest BCUT2D eigenvalue weighted by Gasteiger charge is -2.35. The third kappa shape index (κ3) is 3.34. The highest BCUT2D eigenvalue weighted by Gasteiger charge is 2.35. The van der Waals surface area contributed by atoms with Crippen LogP contribution in [0, 0.1) is 9.49 Å². The van der Waals surface area contributed by atoms with E-state index in [4.69, 9.17) is 11.6 Å². The van der Waals surface area contributed by atoms with Crippen LogP contribution in [-0.4, -0.2) is 47.8 Å². The Kier molecular flexibility index (Phi) is 4.40. The third-order valence-corrected chi connectivity index (χ3v) is 5.54. The molecule has 2 fully saturated rings. The molecule has 1 aromatic carbocycles. The number of hydrogen-bond donors (Lipinski definition) is 0. The average Bonchev–Trinajstić information content (AvgIpc) is 3.33. The average molecular weight is 419 g/mol. The topological polar surface area (TPSA) is 40.6 Å². The van der Waals surface area contributed by atoms with Crippen molar-refractivity contribution in [1.82, 2.24) is 9.80 Å². The van der Waals surface area contributed by atoms with Crippen molar-refractivity contribution in [3.8, 4) is 0 Å². The van der Waals surface area contributed by atoms with Gasteiger partial charge >= 0.3 is 0 Å². The molecule has 4 nitrogen and oxygen atoms in total. The summed E-state index contributed by atoms with van der Waals surface area (Å²) in [6.07, 6.45) is 2.05. The summed E-state index contributed by atoms with van der Waals surface area (Å²) in [5.74, 6) is 0.508. The van der Waals surface area contributed by atoms with E-state index in [1.807, 2.05) is 11.0 Å². The Bertz CT molecular complexity index is 581. The molecule has 6 heteroatoms. The fraction of sp³-hybridized carbons (Fsp3) is 0.467. The Balaban J connectivity index is 1.61. The molecule has 1 heterocycles. The summed E-state index contributed by atoms with van der Waals surface area (Å²) < 4.78 is 0.936. The Hall–Kier alpha value is -0.820. The fourth-order valence-electron chi connectivity index (χ4n) is 2.53. The van der Waals surface area contributed by atoms with E-state index < -0.39 is 0 Å². The molecule has 0 bridgehead atoms. The van der Waals surface area contributed by atoms with Gasteiger partial charge in [-0.15, -0.1) is 0 Å². The molecule has 0 atom stereocenters. The van der Waals surface area contributed by atoms with Gasteiger partial charge in [-0.3, -0.25) is 9.59 Å². The molecule has 0 N–H and O–H groups in total. The summed E-state index contributed by atoms with van der Waals surface area (Å²) in [7, 11) is 0. The van der Waals surface area contributed by atoms with Crippen molar-refractivity contribution in [1.29, 1.82) is 0 Å². The molecule has 0 spiro atoms. The Morgan fingerprint density at radius 1 is 1.10 bits per heavy atom. The van der Waals surface area contributed by atoms with Crippen molar-refractivity contribution >= 4 is 46.0 Å². The van der Waals surface area contributed by atoms with Crippen molar-refractivity contribution in [2.45, 2.75) is 12.8 Å². The lowest BCUT2D eigenvalue weighted by Crippen LogP contribution is -2.51. The molecule has 2 aliphatic rings. The molecule has 1 aliphatic heterocycles. The van der Waals surface area contributed by atoms with Crippen LogP contribution in [0.4, 0.5) is 0 Å². The highest BCUT2D eigenvalue weighted by atomic mass is 127. The van der Waals surface area contributed by atoms with Gasteiger partial charge in [0.25, 0.3) is 5.91 Å². The molecule has 2 amide bonds. The lowest BCUT2D eigenvalue weighted by atomic mass is 10.1. The van der Waals surface area contributed by atoms with Gasteiger partial charge in [0.15, 0.2) is 0 Å². The van der Waals surface area contributed by atoms with Crippen molar-refractivity contribution in [3.05, 3.63) is 32.4 Å². The Morgan fingerprint density at radius 3 is 2.29 bits per heavy atom. The quantitative estimate of drug-likeness (QED) is 0.693. The summed E-state index contributed by atoms with van der Waals surface area (Å²) in [6.45, 7) is 2.47. The first kappa shape index (κ1) is 15.1. The van der Waals surface area contributed by atoms with E-state index in [9.17, 15) is 9.59 Å². The van der Waals surface area contributed by atoms with Crippen LogP contribution in [0.15, 0.2) is 18.2 Å². The van der Waals surface area contributed by atoms with Crippen LogP contribution in [0.2, 0.25) is 5.02 Å². The maximum absolute atomic E-state index is 12.4. The molecule has 1 aliphatic carbocycles. The van der Waals surface area contributed by atoms with E-state index in [-0.39, 0.29) is 17.7 Å². The molecule has 3 rings (SSSR count). The number of piperazine rings is 1. The predicted molar refractivity (Wildman–Crippen MR) is 89.4 cm³/mol. The first-order valence-corrected chi connectivity index (χ1v) is 8.55. The number of nitrogens with zero attached hydrogens (tertiary/aromatic N) is 2. The second-order valence-corrected chi connectivity index (χ2v) is 7.09. The highest BCUT2D eigenvalue weighted by Crippen LogP contribution is 2.31. The minimum absolute atomic E-state index is 0.00757. The summed E-state index contributed by atoms with van der Waals surface area (Å²) in [4.78, 5) is 28.1. The summed E-state index contributed by atoms with van der Waals surface area (Å²) >= 11 is 8.21. The van der Waals surface area contributed by atoms with Gasteiger partial charge in [-0.1, -0.05) is 11.6 Å². The van der Waals surface area contributed by atoms with Gasteiger partial charge in [0.05, 0.1) is 5.02 Å². The number of carbonyl (C=O) groups is 2. The van der Waals surface area contributed by atoms with Gasteiger partial charge in [0.1, 0.15) is 0 Å². The lowest BCUT2D eigenvalue weighted by molar-refractivity contribution is -0.134. The Morgan fingerprint density at radius 2 is 1.71 bits per heavy atom. The molecular formula is C15H16ClIN2O2. The number of rotatable bonds is 2. The van der Waals surface area contributed by atoms with Gasteiger partial charge in [-0.05, 0) is 53.6 Å². The molecule has 21 heavy (non-hydrogen) atoms. The van der Waals surface area contributed by atoms with Gasteiger partial charge in [0, 0.05) is 41.2 Å². The number of carbonyl (C=O) groups excluding carboxylic acids is 2. The number of halogens is 2. The number of benzene rings is 1. The van der Waals surface area contributed by atoms with Gasteiger partial charge < -0.3 is 9.80 Å². The van der Waals surface area contributed by atoms with Gasteiger partial charge in [0.2, 0.25) is 5.91 Å². The van der Waals surface area contributed by atoms with Crippen LogP contribution >= 0.6 is 34.2 Å². The summed E-state index contributed by atoms with van der Waals surface area (Å²) in [6, 6.07) is 5.37. The van der Waals surface area contributed by atoms with Crippen molar-refractivity contribution in [3.63, 3.8) is 0 Å². The zero-order chi connectivity index (χ0) is 15.0. The molecule has 0 aromatic heterocycles. The molecule has 1 saturated carbocycles. The Labute approximate surface area is 142 Å². The smallest absolute Gasteiger partial charge is 0.254 e. The second-order valence-electron chi connectivity index (χ2n) is 5.52. The van der Waals surface area contributed by atoms with Crippen molar-refractivity contribution in [2.75, 3.05) is 26.2 Å². The molecule has 0 unspecified atom stereocenters. The van der Waals surface area contributed by atoms with Crippen LogP contribution in [-0.2, 0) is 4.79 Å². The van der Waals surface area contributed by atoms with E-state index in [1.54, 1.807) is 17.0 Å². The minimum Gasteiger partial charge on any atom is -0.339 e. The van der Waals surface area contributed by atoms with Crippen molar-refractivity contribution in [2.24, 2.45) is 5.92 Å². The van der Waals surface area contributed by atoms with E-state index in [0.717, 1.165) is 16.4 Å². The first-order chi connectivity index (χ1) is 10.1. The van der Waals surface area contributed by atoms with E-state index in [1.165, 1.54) is 0 Å². The van der Waals surface area contributed by atoms with E-state index in [0.29, 0.717) is 36.8 Å². The standard InChI is InChI=1S/C15H16ClIN2O2/c16-12-9-11(3-4-13(12)17)15(21)19-7-5-18(6-8-19)14(20)10-1-2-10/h3-4,9-10H,1-2,5-8H2. The minimum atomic E-state index is -0.00757. The fourth-order valence-corrected chi connectivity index (χ4v) is 3.05. The second kappa shape index (κ2) is 6.12. The monoisotopic (exact) mass is 418 g/mol. The maximum atomic E-state index is 12.4. The van der Waals surface area contributed by atoms with Gasteiger partial charge in [-0.25, -0.2) is 0 Å². The van der Waals surface area contributed by atoms with Crippen LogP contribution in [0.5, 0.6) is 0 Å². The zero-order valence-electron chi connectivity index (χ0n) is 11.5. The normalized spacial score (nSPS) is 18.8. The molecular weight excluding hydrogens is 403 g/mol. The van der Waals surface area contributed by atoms with Crippen LogP contribution < -0.4 is 0 Å². The van der Waals surface area contributed by atoms with Crippen LogP contribution in [0.3, 0.4) is 0 Å². The van der Waals surface area contributed by atoms with Crippen LogP contribution in [0.1, 0.15) is 23.2 Å². The maximum Gasteiger partial charge on any atom is 0.254 e. The third-order valence-electron chi connectivity index (χ3n) is 3.97. The van der Waals surface area contributed by atoms with Crippen molar-refractivity contribution < 1.29 is 9.59 Å². The number of amides is 2. The molecule has 0 radical (unpaired) electrons. The first-order valence-electron chi connectivity index (χ1n) is 7.09. The molecule has 1 aromatic rings. The number of hydrogen-bond acceptors (Lipinski definition) is 2. The summed E-state index contributed by atoms with van der Waals surface area (Å²) in [5.41, 5.74) is 0.613. The van der Waals surface area contributed by atoms with Crippen LogP contribution in [0.25, 0.3) is 0 Å². The SMILES string of the molecule is O=C(c1ccc(I)c(Cl)c1)N1CCN(C(=O)C2CC2)CC1. The zero-order valence-corrected chi connectivity index (χ0v) is 14.4. The highest BCUT2D eigenvalue weighted by molar-refractivity contribution is 14.1. The molecule has 1 saturated heterocycles. The van der Waals surface area contributed by atoms with E-state index >= 15 is 0 Å².